The van der Waals surface area contributed by atoms with E-state index in [1.807, 2.05) is 23.1 Å². The number of hydrogen-bond donors (Lipinski definition) is 1. The maximum atomic E-state index is 12.5. The molecule has 0 spiro atoms. The Labute approximate surface area is 127 Å². The van der Waals surface area contributed by atoms with Crippen molar-refractivity contribution in [3.8, 4) is 11.8 Å². The Morgan fingerprint density at radius 1 is 1.38 bits per heavy atom. The normalized spacial score (nSPS) is 15.7. The van der Waals surface area contributed by atoms with Crippen LogP contribution >= 0.6 is 0 Å². The van der Waals surface area contributed by atoms with E-state index in [0.29, 0.717) is 11.5 Å². The van der Waals surface area contributed by atoms with Crippen molar-refractivity contribution in [1.29, 1.82) is 0 Å². The maximum absolute atomic E-state index is 12.5. The van der Waals surface area contributed by atoms with Gasteiger partial charge in [-0.2, -0.15) is 0 Å². The summed E-state index contributed by atoms with van der Waals surface area (Å²) in [4.78, 5) is 14.5. The fraction of sp³-hybridized carbons (Fsp3) is 0.500. The molecule has 3 nitrogen and oxygen atoms in total. The highest BCUT2D eigenvalue weighted by Gasteiger charge is 2.25. The molecule has 1 aromatic carbocycles. The highest BCUT2D eigenvalue weighted by atomic mass is 16.2. The first-order chi connectivity index (χ1) is 10.1. The van der Waals surface area contributed by atoms with Gasteiger partial charge in [0.25, 0.3) is 5.91 Å². The minimum Gasteiger partial charge on any atom is -0.384 e. The van der Waals surface area contributed by atoms with E-state index in [2.05, 4.69) is 25.7 Å². The van der Waals surface area contributed by atoms with Crippen LogP contribution in [0.1, 0.15) is 42.6 Å². The number of aliphatic hydroxyl groups excluding tert-OH is 1. The summed E-state index contributed by atoms with van der Waals surface area (Å²) in [5.74, 6) is 6.97. The summed E-state index contributed by atoms with van der Waals surface area (Å²) >= 11 is 0. The lowest BCUT2D eigenvalue weighted by molar-refractivity contribution is 0.0667. The number of likely N-dealkylation sites (tertiary alicyclic amines) is 1. The van der Waals surface area contributed by atoms with Gasteiger partial charge in [0.05, 0.1) is 0 Å². The lowest BCUT2D eigenvalue weighted by Crippen LogP contribution is -2.39. The third-order valence-electron chi connectivity index (χ3n) is 4.19. The molecule has 1 fully saturated rings. The molecule has 1 saturated heterocycles. The fourth-order valence-corrected chi connectivity index (χ4v) is 2.82. The van der Waals surface area contributed by atoms with Crippen LogP contribution in [0.2, 0.25) is 0 Å². The first-order valence-corrected chi connectivity index (χ1v) is 7.61. The molecule has 112 valence electrons. The minimum absolute atomic E-state index is 0.0878. The van der Waals surface area contributed by atoms with Crippen molar-refractivity contribution in [2.24, 2.45) is 11.8 Å². The van der Waals surface area contributed by atoms with Crippen LogP contribution in [0, 0.1) is 23.7 Å². The average molecular weight is 285 g/mol. The first-order valence-electron chi connectivity index (χ1n) is 7.61. The van der Waals surface area contributed by atoms with Crippen molar-refractivity contribution >= 4 is 5.91 Å². The van der Waals surface area contributed by atoms with Gasteiger partial charge >= 0.3 is 0 Å². The first kappa shape index (κ1) is 15.6. The van der Waals surface area contributed by atoms with Gasteiger partial charge in [-0.25, -0.2) is 0 Å². The number of benzene rings is 1. The number of hydrogen-bond acceptors (Lipinski definition) is 2. The molecule has 3 heteroatoms. The van der Waals surface area contributed by atoms with Crippen LogP contribution in [0.5, 0.6) is 0 Å². The van der Waals surface area contributed by atoms with Crippen molar-refractivity contribution in [1.82, 2.24) is 4.90 Å². The van der Waals surface area contributed by atoms with Gasteiger partial charge in [-0.15, -0.1) is 0 Å². The lowest BCUT2D eigenvalue weighted by Gasteiger charge is -2.34. The van der Waals surface area contributed by atoms with Crippen LogP contribution < -0.4 is 0 Å². The Kier molecular flexibility index (Phi) is 5.41. The van der Waals surface area contributed by atoms with Crippen molar-refractivity contribution in [3.05, 3.63) is 35.4 Å². The standard InChI is InChI=1S/C18H23NO2/c1-14(2)16-8-10-19(11-9-16)18(21)17-7-3-5-15(13-17)6-4-12-20/h3,5,7,13-14,16,20H,8-12H2,1-2H3. The zero-order valence-electron chi connectivity index (χ0n) is 12.8. The third-order valence-corrected chi connectivity index (χ3v) is 4.19. The van der Waals surface area contributed by atoms with Crippen LogP contribution in [0.25, 0.3) is 0 Å². The van der Waals surface area contributed by atoms with Crippen LogP contribution in [0.3, 0.4) is 0 Å². The molecule has 1 heterocycles. The second-order valence-corrected chi connectivity index (χ2v) is 5.91. The molecular formula is C18H23NO2. The number of rotatable bonds is 2. The largest absolute Gasteiger partial charge is 0.384 e. The average Bonchev–Trinajstić information content (AvgIpc) is 2.52. The molecule has 0 unspecified atom stereocenters. The van der Waals surface area contributed by atoms with E-state index >= 15 is 0 Å². The number of carbonyl (C=O) groups excluding carboxylic acids is 1. The molecule has 1 N–H and O–H groups in total. The van der Waals surface area contributed by atoms with E-state index in [0.717, 1.165) is 37.4 Å². The van der Waals surface area contributed by atoms with Gasteiger partial charge in [0.15, 0.2) is 0 Å². The van der Waals surface area contributed by atoms with E-state index in [9.17, 15) is 4.79 Å². The molecular weight excluding hydrogens is 262 g/mol. The quantitative estimate of drug-likeness (QED) is 0.848. The van der Waals surface area contributed by atoms with Crippen LogP contribution in [0.4, 0.5) is 0 Å². The summed E-state index contributed by atoms with van der Waals surface area (Å²) in [5.41, 5.74) is 1.45. The molecule has 21 heavy (non-hydrogen) atoms. The summed E-state index contributed by atoms with van der Waals surface area (Å²) in [5, 5.41) is 8.73. The predicted molar refractivity (Wildman–Crippen MR) is 83.9 cm³/mol. The van der Waals surface area contributed by atoms with Gasteiger partial charge in [0, 0.05) is 24.2 Å². The Morgan fingerprint density at radius 3 is 2.71 bits per heavy atom. The summed E-state index contributed by atoms with van der Waals surface area (Å²) in [6, 6.07) is 7.33. The van der Waals surface area contributed by atoms with Gasteiger partial charge in [0.1, 0.15) is 6.61 Å². The molecule has 0 saturated carbocycles. The topological polar surface area (TPSA) is 40.5 Å². The lowest BCUT2D eigenvalue weighted by atomic mass is 9.86. The highest BCUT2D eigenvalue weighted by Crippen LogP contribution is 2.25. The molecule has 1 amide bonds. The monoisotopic (exact) mass is 285 g/mol. The van der Waals surface area contributed by atoms with Crippen molar-refractivity contribution in [2.75, 3.05) is 19.7 Å². The molecule has 0 aromatic heterocycles. The number of nitrogens with zero attached hydrogens (tertiary/aromatic N) is 1. The molecule has 1 aromatic rings. The number of carbonyl (C=O) groups is 1. The van der Waals surface area contributed by atoms with Crippen molar-refractivity contribution in [3.63, 3.8) is 0 Å². The molecule has 2 rings (SSSR count). The zero-order valence-corrected chi connectivity index (χ0v) is 12.8. The summed E-state index contributed by atoms with van der Waals surface area (Å²) in [6.07, 6.45) is 2.18. The third kappa shape index (κ3) is 4.09. The van der Waals surface area contributed by atoms with E-state index in [1.165, 1.54) is 0 Å². The molecule has 1 aliphatic heterocycles. The second kappa shape index (κ2) is 7.28. The zero-order chi connectivity index (χ0) is 15.2. The molecule has 0 radical (unpaired) electrons. The molecule has 0 bridgehead atoms. The van der Waals surface area contributed by atoms with Crippen molar-refractivity contribution in [2.45, 2.75) is 26.7 Å². The molecule has 0 atom stereocenters. The van der Waals surface area contributed by atoms with Gasteiger partial charge in [-0.3, -0.25) is 4.79 Å². The Hall–Kier alpha value is -1.79. The second-order valence-electron chi connectivity index (χ2n) is 5.91. The van der Waals surface area contributed by atoms with Crippen LogP contribution in [-0.4, -0.2) is 35.6 Å². The fourth-order valence-electron chi connectivity index (χ4n) is 2.82. The van der Waals surface area contributed by atoms with Gasteiger partial charge in [-0.05, 0) is 42.9 Å². The van der Waals surface area contributed by atoms with Crippen LogP contribution in [-0.2, 0) is 0 Å². The SMILES string of the molecule is CC(C)C1CCN(C(=O)c2cccc(C#CCO)c2)CC1. The van der Waals surface area contributed by atoms with Crippen LogP contribution in [0.15, 0.2) is 24.3 Å². The Bertz CT molecular complexity index is 546. The smallest absolute Gasteiger partial charge is 0.253 e. The van der Waals surface area contributed by atoms with E-state index in [1.54, 1.807) is 6.07 Å². The predicted octanol–water partition coefficient (Wildman–Crippen LogP) is 2.54. The van der Waals surface area contributed by atoms with E-state index in [4.69, 9.17) is 5.11 Å². The molecule has 1 aliphatic rings. The molecule has 0 aliphatic carbocycles. The summed E-state index contributed by atoms with van der Waals surface area (Å²) in [6.45, 7) is 6.03. The van der Waals surface area contributed by atoms with Gasteiger partial charge in [-0.1, -0.05) is 31.8 Å². The van der Waals surface area contributed by atoms with Gasteiger partial charge in [0.2, 0.25) is 0 Å². The summed E-state index contributed by atoms with van der Waals surface area (Å²) in [7, 11) is 0. The number of aliphatic hydroxyl groups is 1. The maximum Gasteiger partial charge on any atom is 0.253 e. The number of amides is 1. The number of piperidine rings is 1. The van der Waals surface area contributed by atoms with E-state index < -0.39 is 0 Å². The van der Waals surface area contributed by atoms with E-state index in [-0.39, 0.29) is 12.5 Å². The highest BCUT2D eigenvalue weighted by molar-refractivity contribution is 5.94. The Balaban J connectivity index is 2.04. The van der Waals surface area contributed by atoms with Gasteiger partial charge < -0.3 is 10.0 Å². The minimum atomic E-state index is -0.166. The summed E-state index contributed by atoms with van der Waals surface area (Å²) < 4.78 is 0. The van der Waals surface area contributed by atoms with Crippen molar-refractivity contribution < 1.29 is 9.90 Å². The Morgan fingerprint density at radius 2 is 2.10 bits per heavy atom.